The van der Waals surface area contributed by atoms with Crippen molar-refractivity contribution in [1.29, 1.82) is 0 Å². The van der Waals surface area contributed by atoms with Crippen molar-refractivity contribution >= 4 is 41.9 Å². The number of anilines is 3. The summed E-state index contributed by atoms with van der Waals surface area (Å²) in [4.78, 5) is 61.1. The molecule has 17 heteroatoms. The Bertz CT molecular complexity index is 1810. The fourth-order valence-electron chi connectivity index (χ4n) is 12.6. The molecule has 71 heavy (non-hydrogen) atoms. The van der Waals surface area contributed by atoms with Crippen LogP contribution in [0.1, 0.15) is 193 Å². The van der Waals surface area contributed by atoms with Gasteiger partial charge in [0.25, 0.3) is 17.1 Å². The highest BCUT2D eigenvalue weighted by atomic mass is 31.2. The molecule has 0 aromatic heterocycles. The summed E-state index contributed by atoms with van der Waals surface area (Å²) in [5.41, 5.74) is 4.13. The number of benzene rings is 3. The van der Waals surface area contributed by atoms with Gasteiger partial charge in [-0.2, -0.15) is 0 Å². The van der Waals surface area contributed by atoms with Crippen LogP contribution in [-0.2, 0) is 4.57 Å². The Morgan fingerprint density at radius 3 is 0.592 bits per heavy atom. The van der Waals surface area contributed by atoms with Gasteiger partial charge in [-0.3, -0.25) is 30.3 Å². The highest BCUT2D eigenvalue weighted by Crippen LogP contribution is 2.38. The number of non-ortho nitro benzene ring substituents is 3. The lowest BCUT2D eigenvalue weighted by Crippen LogP contribution is -2.45. The van der Waals surface area contributed by atoms with E-state index in [0.717, 1.165) is 0 Å². The number of rotatable bonds is 12. The van der Waals surface area contributed by atoms with Crippen molar-refractivity contribution in [1.82, 2.24) is 0 Å². The average Bonchev–Trinajstić information content (AvgIpc) is 3.39. The number of hydrogen-bond donors (Lipinski definition) is 3. The number of hydrogen-bond acceptors (Lipinski definition) is 10. The van der Waals surface area contributed by atoms with Crippen molar-refractivity contribution in [3.05, 3.63) is 103 Å². The second-order valence-corrected chi connectivity index (χ2v) is 21.8. The summed E-state index contributed by atoms with van der Waals surface area (Å²) >= 11 is 0. The molecule has 3 aromatic rings. The normalized spacial score (nSPS) is 20.1. The predicted molar refractivity (Wildman–Crippen MR) is 282 cm³/mol. The lowest BCUT2D eigenvalue weighted by Gasteiger charge is -2.43. The molecule has 16 nitrogen and oxygen atoms in total. The minimum Gasteiger partial charge on any atom is -0.366 e. The van der Waals surface area contributed by atoms with Crippen LogP contribution in [0.5, 0.6) is 0 Å². The molecule has 0 heterocycles. The first-order valence-corrected chi connectivity index (χ1v) is 28.7. The topological polar surface area (TPSA) is 217 Å². The van der Waals surface area contributed by atoms with E-state index in [0.29, 0.717) is 36.3 Å². The number of nitro benzene ring substituents is 3. The van der Waals surface area contributed by atoms with Crippen LogP contribution in [0.25, 0.3) is 0 Å². The van der Waals surface area contributed by atoms with Gasteiger partial charge in [-0.15, -0.1) is 0 Å². The van der Waals surface area contributed by atoms with Gasteiger partial charge in [0.1, 0.15) is 0 Å². The zero-order chi connectivity index (χ0) is 50.6. The Morgan fingerprint density at radius 2 is 0.465 bits per heavy atom. The molecule has 6 saturated carbocycles. The monoisotopic (exact) mass is 1000 g/mol. The van der Waals surface area contributed by atoms with E-state index >= 15 is 0 Å². The van der Waals surface area contributed by atoms with Crippen molar-refractivity contribution in [3.63, 3.8) is 0 Å². The van der Waals surface area contributed by atoms with Gasteiger partial charge in [-0.1, -0.05) is 116 Å². The van der Waals surface area contributed by atoms with E-state index in [1.807, 2.05) is 36.4 Å². The molecule has 9 rings (SSSR count). The smallest absolute Gasteiger partial charge is 0.366 e. The van der Waals surface area contributed by atoms with Gasteiger partial charge in [0.2, 0.25) is 0 Å². The summed E-state index contributed by atoms with van der Waals surface area (Å²) < 4.78 is 8.88. The lowest BCUT2D eigenvalue weighted by molar-refractivity contribution is -0.385. The third kappa shape index (κ3) is 17.8. The van der Waals surface area contributed by atoms with Gasteiger partial charge >= 0.3 is 7.82 Å². The van der Waals surface area contributed by atoms with Crippen LogP contribution in [0.2, 0.25) is 0 Å². The van der Waals surface area contributed by atoms with Crippen molar-refractivity contribution in [2.24, 2.45) is 0 Å². The molecule has 0 saturated heterocycles. The summed E-state index contributed by atoms with van der Waals surface area (Å²) in [6, 6.07) is 25.5. The number of phosphoric acid groups is 1. The summed E-state index contributed by atoms with van der Waals surface area (Å²) in [5.74, 6) is 0. The number of nitro groups is 3. The Labute approximate surface area is 421 Å². The molecule has 392 valence electrons. The minimum atomic E-state index is -4.64. The van der Waals surface area contributed by atoms with Crippen LogP contribution in [0.3, 0.4) is 0 Å². The van der Waals surface area contributed by atoms with E-state index < -0.39 is 7.82 Å². The molecule has 6 aliphatic rings. The third-order valence-electron chi connectivity index (χ3n) is 15.9. The molecule has 0 spiro atoms. The first-order chi connectivity index (χ1) is 34.3. The van der Waals surface area contributed by atoms with Crippen molar-refractivity contribution in [3.8, 4) is 0 Å². The maximum absolute atomic E-state index is 10.9. The zero-order valence-corrected chi connectivity index (χ0v) is 42.8. The van der Waals surface area contributed by atoms with E-state index in [-0.39, 0.29) is 31.8 Å². The van der Waals surface area contributed by atoms with E-state index in [1.165, 1.54) is 210 Å². The molecule has 3 aromatic carbocycles. The zero-order valence-electron chi connectivity index (χ0n) is 41.9. The van der Waals surface area contributed by atoms with E-state index in [1.54, 1.807) is 36.4 Å². The van der Waals surface area contributed by atoms with Gasteiger partial charge in [0, 0.05) is 89.7 Å². The molecule has 0 radical (unpaired) electrons. The Hall–Kier alpha value is -4.63. The van der Waals surface area contributed by atoms with E-state index in [4.69, 9.17) is 19.2 Å². The summed E-state index contributed by atoms with van der Waals surface area (Å²) in [6.07, 6.45) is 39.2. The molecule has 0 unspecified atom stereocenters. The van der Waals surface area contributed by atoms with Crippen LogP contribution in [0.15, 0.2) is 72.8 Å². The van der Waals surface area contributed by atoms with Gasteiger partial charge < -0.3 is 29.4 Å². The summed E-state index contributed by atoms with van der Waals surface area (Å²) in [5, 5.41) is 32.6. The number of nitrogens with zero attached hydrogens (tertiary/aromatic N) is 6. The highest BCUT2D eigenvalue weighted by Gasteiger charge is 2.32. The second-order valence-electron chi connectivity index (χ2n) is 20.8. The molecular formula is C54H81N6O10P. The summed E-state index contributed by atoms with van der Waals surface area (Å²) in [7, 11) is -4.64. The predicted octanol–water partition coefficient (Wildman–Crippen LogP) is 14.3. The maximum atomic E-state index is 10.9. The van der Waals surface area contributed by atoms with Gasteiger partial charge in [-0.25, -0.2) is 4.57 Å². The fourth-order valence-corrected chi connectivity index (χ4v) is 12.6. The molecule has 3 N–H and O–H groups in total. The lowest BCUT2D eigenvalue weighted by atomic mass is 9.88. The minimum absolute atomic E-state index is 0.191. The molecule has 0 bridgehead atoms. The molecular weight excluding hydrogens is 924 g/mol. The molecule has 0 aliphatic heterocycles. The maximum Gasteiger partial charge on any atom is 0.466 e. The molecule has 6 aliphatic carbocycles. The van der Waals surface area contributed by atoms with E-state index in [2.05, 4.69) is 14.7 Å². The Kier molecular flexibility index (Phi) is 22.4. The van der Waals surface area contributed by atoms with E-state index in [9.17, 15) is 30.3 Å². The Balaban J connectivity index is 0.000000166. The van der Waals surface area contributed by atoms with Gasteiger partial charge in [-0.05, 0) is 113 Å². The van der Waals surface area contributed by atoms with Crippen LogP contribution < -0.4 is 14.7 Å². The largest absolute Gasteiger partial charge is 0.466 e. The molecule has 0 amide bonds. The van der Waals surface area contributed by atoms with Crippen LogP contribution in [-0.4, -0.2) is 65.7 Å². The quantitative estimate of drug-likeness (QED) is 0.0875. The van der Waals surface area contributed by atoms with Gasteiger partial charge in [0.05, 0.1) is 14.8 Å². The fraction of sp³-hybridized carbons (Fsp3) is 0.667. The first-order valence-electron chi connectivity index (χ1n) is 27.1. The van der Waals surface area contributed by atoms with Crippen molar-refractivity contribution < 1.29 is 34.0 Å². The van der Waals surface area contributed by atoms with Crippen molar-refractivity contribution in [2.45, 2.75) is 229 Å². The van der Waals surface area contributed by atoms with Crippen LogP contribution in [0, 0.1) is 30.3 Å². The first kappa shape index (κ1) is 55.7. The molecule has 6 fully saturated rings. The molecule has 0 atom stereocenters. The Morgan fingerprint density at radius 1 is 0.324 bits per heavy atom. The van der Waals surface area contributed by atoms with Gasteiger partial charge in [0.15, 0.2) is 0 Å². The van der Waals surface area contributed by atoms with Crippen molar-refractivity contribution in [2.75, 3.05) is 14.7 Å². The summed E-state index contributed by atoms with van der Waals surface area (Å²) in [6.45, 7) is 0. The third-order valence-corrected chi connectivity index (χ3v) is 15.9. The van der Waals surface area contributed by atoms with Crippen LogP contribution >= 0.6 is 7.82 Å². The average molecular weight is 1010 g/mol. The second kappa shape index (κ2) is 28.6. The van der Waals surface area contributed by atoms with Crippen LogP contribution in [0.4, 0.5) is 34.1 Å². The highest BCUT2D eigenvalue weighted by molar-refractivity contribution is 7.45. The standard InChI is InChI=1S/3C18H26N2O2.H3O4P/c3*21-20(22)18-13-11-17(12-14-18)19(15-7-3-1-4-8-15)16-9-5-2-6-10-16;1-5(2,3)4/h3*11-16H,1-10H2;(H3,1,2,3,4). The SMILES string of the molecule is O=P(O)(O)O.O=[N+]([O-])c1ccc(N(C2CCCCC2)C2CCCCC2)cc1.O=[N+]([O-])c1ccc(N(C2CCCCC2)C2CCCCC2)cc1.O=[N+]([O-])c1ccc(N(C2CCCCC2)C2CCCCC2)cc1.